The molecule has 27 heavy (non-hydrogen) atoms. The topological polar surface area (TPSA) is 84.8 Å². The third-order valence-electron chi connectivity index (χ3n) is 4.55. The molecule has 1 saturated heterocycles. The van der Waals surface area contributed by atoms with E-state index >= 15 is 0 Å². The number of carbonyl (C=O) groups excluding carboxylic acids is 1. The van der Waals surface area contributed by atoms with Gasteiger partial charge >= 0.3 is 0 Å². The third kappa shape index (κ3) is 4.17. The number of hydrogen-bond acceptors (Lipinski definition) is 6. The molecule has 2 aromatic rings. The minimum absolute atomic E-state index is 0. The van der Waals surface area contributed by atoms with E-state index in [0.717, 1.165) is 12.8 Å². The van der Waals surface area contributed by atoms with Crippen LogP contribution in [0.3, 0.4) is 0 Å². The zero-order valence-electron chi connectivity index (χ0n) is 15.6. The highest BCUT2D eigenvalue weighted by atomic mass is 35.5. The Balaban J connectivity index is 0.00000261. The number of anilines is 1. The number of nitrogens with two attached hydrogens (primary N) is 1. The number of carbonyl (C=O) groups is 1. The number of likely N-dealkylation sites (tertiary alicyclic amines) is 1. The zero-order valence-corrected chi connectivity index (χ0v) is 16.4. The summed E-state index contributed by atoms with van der Waals surface area (Å²) in [5, 5.41) is 4.04. The summed E-state index contributed by atoms with van der Waals surface area (Å²) in [6, 6.07) is 4.44. The maximum absolute atomic E-state index is 13.7. The van der Waals surface area contributed by atoms with Crippen molar-refractivity contribution in [2.45, 2.75) is 18.9 Å². The van der Waals surface area contributed by atoms with Crippen LogP contribution in [-0.2, 0) is 0 Å². The zero-order chi connectivity index (χ0) is 18.8. The summed E-state index contributed by atoms with van der Waals surface area (Å²) in [6.07, 6.45) is 1.52. The Bertz CT molecular complexity index is 804. The fourth-order valence-corrected chi connectivity index (χ4v) is 3.04. The minimum Gasteiger partial charge on any atom is -0.494 e. The van der Waals surface area contributed by atoms with E-state index in [9.17, 15) is 9.18 Å². The Morgan fingerprint density at radius 2 is 2.04 bits per heavy atom. The first-order valence-electron chi connectivity index (χ1n) is 8.48. The number of piperidine rings is 1. The molecule has 2 heterocycles. The predicted molar refractivity (Wildman–Crippen MR) is 103 cm³/mol. The van der Waals surface area contributed by atoms with E-state index in [1.165, 1.54) is 19.2 Å². The van der Waals surface area contributed by atoms with Gasteiger partial charge in [-0.3, -0.25) is 4.79 Å². The number of methoxy groups -OCH3 is 1. The molecule has 0 radical (unpaired) electrons. The SMILES string of the molecule is COc1cc(-c2onc(N(C)C)c2C(=O)N2CCC(N)CC2)ccc1F.Cl. The van der Waals surface area contributed by atoms with Gasteiger partial charge in [-0.25, -0.2) is 4.39 Å². The first-order chi connectivity index (χ1) is 12.4. The van der Waals surface area contributed by atoms with E-state index in [2.05, 4.69) is 5.16 Å². The number of amides is 1. The first-order valence-corrected chi connectivity index (χ1v) is 8.48. The lowest BCUT2D eigenvalue weighted by molar-refractivity contribution is 0.0715. The van der Waals surface area contributed by atoms with Crippen molar-refractivity contribution in [2.24, 2.45) is 5.73 Å². The lowest BCUT2D eigenvalue weighted by atomic mass is 10.0. The third-order valence-corrected chi connectivity index (χ3v) is 4.55. The van der Waals surface area contributed by atoms with E-state index in [-0.39, 0.29) is 30.1 Å². The lowest BCUT2D eigenvalue weighted by Crippen LogP contribution is -2.43. The smallest absolute Gasteiger partial charge is 0.261 e. The highest BCUT2D eigenvalue weighted by molar-refractivity contribution is 6.04. The summed E-state index contributed by atoms with van der Waals surface area (Å²) in [6.45, 7) is 1.18. The van der Waals surface area contributed by atoms with Crippen LogP contribution in [0.2, 0.25) is 0 Å². The van der Waals surface area contributed by atoms with Gasteiger partial charge < -0.3 is 24.8 Å². The van der Waals surface area contributed by atoms with E-state index in [4.69, 9.17) is 15.0 Å². The minimum atomic E-state index is -0.485. The van der Waals surface area contributed by atoms with Gasteiger partial charge in [-0.05, 0) is 31.0 Å². The van der Waals surface area contributed by atoms with Crippen LogP contribution in [0.5, 0.6) is 5.75 Å². The molecule has 0 saturated carbocycles. The Morgan fingerprint density at radius 1 is 1.37 bits per heavy atom. The molecule has 1 aromatic carbocycles. The quantitative estimate of drug-likeness (QED) is 0.851. The highest BCUT2D eigenvalue weighted by Crippen LogP contribution is 2.34. The average Bonchev–Trinajstić information content (AvgIpc) is 3.07. The molecule has 1 aliphatic rings. The van der Waals surface area contributed by atoms with Crippen LogP contribution in [-0.4, -0.2) is 56.3 Å². The number of hydrogen-bond donors (Lipinski definition) is 1. The monoisotopic (exact) mass is 398 g/mol. The molecule has 7 nitrogen and oxygen atoms in total. The maximum Gasteiger partial charge on any atom is 0.261 e. The van der Waals surface area contributed by atoms with Crippen molar-refractivity contribution in [2.75, 3.05) is 39.2 Å². The second-order valence-electron chi connectivity index (χ2n) is 6.58. The summed E-state index contributed by atoms with van der Waals surface area (Å²) in [5.41, 5.74) is 6.82. The molecule has 0 unspecified atom stereocenters. The fourth-order valence-electron chi connectivity index (χ4n) is 3.04. The van der Waals surface area contributed by atoms with Crippen LogP contribution in [0.1, 0.15) is 23.2 Å². The van der Waals surface area contributed by atoms with Gasteiger partial charge in [0.1, 0.15) is 5.56 Å². The molecular formula is C18H24ClFN4O3. The van der Waals surface area contributed by atoms with E-state index in [1.54, 1.807) is 30.0 Å². The van der Waals surface area contributed by atoms with Crippen molar-refractivity contribution in [3.8, 4) is 17.1 Å². The molecule has 148 valence electrons. The van der Waals surface area contributed by atoms with Crippen molar-refractivity contribution in [3.63, 3.8) is 0 Å². The van der Waals surface area contributed by atoms with Crippen molar-refractivity contribution < 1.29 is 18.4 Å². The molecule has 0 atom stereocenters. The van der Waals surface area contributed by atoms with Crippen LogP contribution in [0.4, 0.5) is 10.2 Å². The molecule has 1 aliphatic heterocycles. The number of aromatic nitrogens is 1. The fraction of sp³-hybridized carbons (Fsp3) is 0.444. The van der Waals surface area contributed by atoms with Gasteiger partial charge in [0.2, 0.25) is 0 Å². The number of rotatable bonds is 4. The second kappa shape index (κ2) is 8.58. The Kier molecular flexibility index (Phi) is 6.67. The normalized spacial score (nSPS) is 14.6. The number of nitrogens with zero attached hydrogens (tertiary/aromatic N) is 3. The van der Waals surface area contributed by atoms with Gasteiger partial charge in [0.25, 0.3) is 5.91 Å². The van der Waals surface area contributed by atoms with E-state index < -0.39 is 5.82 Å². The molecular weight excluding hydrogens is 375 g/mol. The van der Waals surface area contributed by atoms with Gasteiger partial charge in [-0.1, -0.05) is 5.16 Å². The molecule has 3 rings (SSSR count). The van der Waals surface area contributed by atoms with Gasteiger partial charge in [-0.15, -0.1) is 12.4 Å². The van der Waals surface area contributed by atoms with Crippen LogP contribution < -0.4 is 15.4 Å². The molecule has 0 bridgehead atoms. The van der Waals surface area contributed by atoms with Gasteiger partial charge in [-0.2, -0.15) is 0 Å². The summed E-state index contributed by atoms with van der Waals surface area (Å²) in [4.78, 5) is 16.6. The largest absolute Gasteiger partial charge is 0.494 e. The summed E-state index contributed by atoms with van der Waals surface area (Å²) < 4.78 is 24.2. The first kappa shape index (κ1) is 21.0. The predicted octanol–water partition coefficient (Wildman–Crippen LogP) is 2.54. The van der Waals surface area contributed by atoms with Gasteiger partial charge in [0, 0.05) is 38.8 Å². The molecule has 9 heteroatoms. The Morgan fingerprint density at radius 3 is 2.63 bits per heavy atom. The van der Waals surface area contributed by atoms with Gasteiger partial charge in [0.15, 0.2) is 23.1 Å². The average molecular weight is 399 g/mol. The lowest BCUT2D eigenvalue weighted by Gasteiger charge is -2.30. The van der Waals surface area contributed by atoms with Crippen LogP contribution in [0.25, 0.3) is 11.3 Å². The number of halogens is 2. The number of benzene rings is 1. The Labute approximate surface area is 163 Å². The van der Waals surface area contributed by atoms with Crippen molar-refractivity contribution in [3.05, 3.63) is 29.6 Å². The van der Waals surface area contributed by atoms with Crippen LogP contribution in [0, 0.1) is 5.82 Å². The summed E-state index contributed by atoms with van der Waals surface area (Å²) in [5.74, 6) is 0.157. The van der Waals surface area contributed by atoms with Crippen LogP contribution >= 0.6 is 12.4 Å². The molecule has 0 aliphatic carbocycles. The molecule has 1 fully saturated rings. The highest BCUT2D eigenvalue weighted by Gasteiger charge is 2.31. The number of ether oxygens (including phenoxy) is 1. The van der Waals surface area contributed by atoms with E-state index in [1.807, 2.05) is 0 Å². The van der Waals surface area contributed by atoms with Crippen molar-refractivity contribution in [1.82, 2.24) is 10.1 Å². The molecule has 0 spiro atoms. The molecule has 1 amide bonds. The standard InChI is InChI=1S/C18H23FN4O3.ClH/c1-22(2)17-15(18(24)23-8-6-12(20)7-9-23)16(26-21-17)11-4-5-13(19)14(10-11)25-3;/h4-5,10,12H,6-9,20H2,1-3H3;1H. The summed E-state index contributed by atoms with van der Waals surface area (Å²) >= 11 is 0. The molecule has 1 aromatic heterocycles. The maximum atomic E-state index is 13.7. The van der Waals surface area contributed by atoms with Gasteiger partial charge in [0.05, 0.1) is 7.11 Å². The second-order valence-corrected chi connectivity index (χ2v) is 6.58. The van der Waals surface area contributed by atoms with Crippen molar-refractivity contribution in [1.29, 1.82) is 0 Å². The summed E-state index contributed by atoms with van der Waals surface area (Å²) in [7, 11) is 4.96. The van der Waals surface area contributed by atoms with Crippen molar-refractivity contribution >= 4 is 24.1 Å². The van der Waals surface area contributed by atoms with E-state index in [0.29, 0.717) is 35.8 Å². The Hall–Kier alpha value is -2.32. The van der Waals surface area contributed by atoms with Crippen LogP contribution in [0.15, 0.2) is 22.7 Å². The molecule has 2 N–H and O–H groups in total.